The molecule has 1 aromatic carbocycles. The van der Waals surface area contributed by atoms with Gasteiger partial charge in [-0.15, -0.1) is 0 Å². The van der Waals surface area contributed by atoms with Gasteiger partial charge in [0.15, 0.2) is 0 Å². The number of hydrogen-bond acceptors (Lipinski definition) is 3. The summed E-state index contributed by atoms with van der Waals surface area (Å²) in [5.41, 5.74) is 0.694. The van der Waals surface area contributed by atoms with E-state index in [0.717, 1.165) is 0 Å². The van der Waals surface area contributed by atoms with Crippen LogP contribution in [0, 0.1) is 12.7 Å². The molecule has 5 nitrogen and oxygen atoms in total. The van der Waals surface area contributed by atoms with Gasteiger partial charge in [-0.05, 0) is 25.5 Å². The minimum Gasteiger partial charge on any atom is -0.383 e. The molecule has 23 heavy (non-hydrogen) atoms. The molecule has 1 fully saturated rings. The van der Waals surface area contributed by atoms with Gasteiger partial charge in [-0.2, -0.15) is 0 Å². The highest BCUT2D eigenvalue weighted by Crippen LogP contribution is 2.25. The van der Waals surface area contributed by atoms with Gasteiger partial charge in [-0.25, -0.2) is 4.39 Å². The molecule has 0 saturated carbocycles. The third-order valence-corrected chi connectivity index (χ3v) is 4.41. The number of carbonyl (C=O) groups is 2. The fourth-order valence-electron chi connectivity index (χ4n) is 2.59. The second-order valence-corrected chi connectivity index (χ2v) is 6.01. The van der Waals surface area contributed by atoms with Crippen molar-refractivity contribution >= 4 is 23.4 Å². The van der Waals surface area contributed by atoms with Crippen LogP contribution in [0.1, 0.15) is 18.1 Å². The second-order valence-electron chi connectivity index (χ2n) is 5.61. The first-order valence-electron chi connectivity index (χ1n) is 7.37. The van der Waals surface area contributed by atoms with Crippen molar-refractivity contribution in [1.82, 2.24) is 9.80 Å². The minimum absolute atomic E-state index is 0.0177. The Kier molecular flexibility index (Phi) is 5.59. The van der Waals surface area contributed by atoms with Crippen molar-refractivity contribution in [3.05, 3.63) is 34.1 Å². The summed E-state index contributed by atoms with van der Waals surface area (Å²) < 4.78 is 19.2. The first-order chi connectivity index (χ1) is 10.9. The summed E-state index contributed by atoms with van der Waals surface area (Å²) >= 11 is 6.06. The molecule has 1 atom stereocenters. The van der Waals surface area contributed by atoms with Crippen molar-refractivity contribution in [2.24, 2.45) is 0 Å². The normalized spacial score (nSPS) is 18.7. The maximum absolute atomic E-state index is 14.3. The van der Waals surface area contributed by atoms with Crippen molar-refractivity contribution in [2.45, 2.75) is 26.4 Å². The molecule has 1 heterocycles. The standard InChI is InChI=1S/C16H20ClFN2O3/c1-10-4-5-13(17)12(15(10)18)8-20-11(2)16(22)19(6-7-23-3)9-14(20)21/h4-5,11H,6-9H2,1-3H3/t11-/m0/s1. The van der Waals surface area contributed by atoms with Crippen LogP contribution >= 0.6 is 11.6 Å². The molecule has 0 spiro atoms. The zero-order chi connectivity index (χ0) is 17.1. The van der Waals surface area contributed by atoms with E-state index in [4.69, 9.17) is 16.3 Å². The van der Waals surface area contributed by atoms with Crippen LogP contribution in [-0.4, -0.2) is 54.5 Å². The molecule has 0 aromatic heterocycles. The third-order valence-electron chi connectivity index (χ3n) is 4.06. The average molecular weight is 343 g/mol. The minimum atomic E-state index is -0.663. The van der Waals surface area contributed by atoms with Crippen LogP contribution in [0.5, 0.6) is 0 Å². The van der Waals surface area contributed by atoms with Crippen LogP contribution in [0.15, 0.2) is 12.1 Å². The summed E-state index contributed by atoms with van der Waals surface area (Å²) in [6.07, 6.45) is 0. The highest BCUT2D eigenvalue weighted by atomic mass is 35.5. The van der Waals surface area contributed by atoms with Crippen LogP contribution in [0.2, 0.25) is 5.02 Å². The van der Waals surface area contributed by atoms with E-state index in [2.05, 4.69) is 0 Å². The molecule has 126 valence electrons. The van der Waals surface area contributed by atoms with Crippen LogP contribution in [0.25, 0.3) is 0 Å². The molecule has 1 aliphatic heterocycles. The molecule has 0 radical (unpaired) electrons. The Labute approximate surface area is 140 Å². The molecule has 0 aliphatic carbocycles. The maximum Gasteiger partial charge on any atom is 0.245 e. The Bertz CT molecular complexity index is 624. The van der Waals surface area contributed by atoms with E-state index in [1.807, 2.05) is 0 Å². The highest BCUT2D eigenvalue weighted by molar-refractivity contribution is 6.31. The fraction of sp³-hybridized carbons (Fsp3) is 0.500. The number of benzene rings is 1. The summed E-state index contributed by atoms with van der Waals surface area (Å²) in [5.74, 6) is -0.845. The summed E-state index contributed by atoms with van der Waals surface area (Å²) in [7, 11) is 1.54. The summed E-state index contributed by atoms with van der Waals surface area (Å²) in [6.45, 7) is 3.95. The summed E-state index contributed by atoms with van der Waals surface area (Å²) in [6, 6.07) is 2.52. The van der Waals surface area contributed by atoms with E-state index in [-0.39, 0.29) is 35.5 Å². The molecule has 1 saturated heterocycles. The Hall–Kier alpha value is -1.66. The number of methoxy groups -OCH3 is 1. The van der Waals surface area contributed by atoms with E-state index in [9.17, 15) is 14.0 Å². The summed E-state index contributed by atoms with van der Waals surface area (Å²) in [5, 5.41) is 0.252. The smallest absolute Gasteiger partial charge is 0.245 e. The topological polar surface area (TPSA) is 49.9 Å². The van der Waals surface area contributed by atoms with Gasteiger partial charge in [0.05, 0.1) is 19.7 Å². The lowest BCUT2D eigenvalue weighted by Gasteiger charge is -2.38. The predicted molar refractivity (Wildman–Crippen MR) is 84.6 cm³/mol. The van der Waals surface area contributed by atoms with E-state index in [1.54, 1.807) is 26.0 Å². The predicted octanol–water partition coefficient (Wildman–Crippen LogP) is 1.99. The van der Waals surface area contributed by atoms with Crippen molar-refractivity contribution in [1.29, 1.82) is 0 Å². The van der Waals surface area contributed by atoms with E-state index in [1.165, 1.54) is 16.9 Å². The fourth-order valence-corrected chi connectivity index (χ4v) is 2.80. The molecular weight excluding hydrogens is 323 g/mol. The Morgan fingerprint density at radius 1 is 1.39 bits per heavy atom. The zero-order valence-corrected chi connectivity index (χ0v) is 14.2. The number of carbonyl (C=O) groups excluding carboxylic acids is 2. The number of nitrogens with zero attached hydrogens (tertiary/aromatic N) is 2. The average Bonchev–Trinajstić information content (AvgIpc) is 2.52. The van der Waals surface area contributed by atoms with E-state index >= 15 is 0 Å². The van der Waals surface area contributed by atoms with Crippen molar-refractivity contribution in [3.63, 3.8) is 0 Å². The second kappa shape index (κ2) is 7.27. The zero-order valence-electron chi connectivity index (χ0n) is 13.4. The quantitative estimate of drug-likeness (QED) is 0.822. The van der Waals surface area contributed by atoms with Gasteiger partial charge in [0.1, 0.15) is 11.9 Å². The molecule has 7 heteroatoms. The number of ether oxygens (including phenoxy) is 1. The van der Waals surface area contributed by atoms with E-state index < -0.39 is 11.9 Å². The lowest BCUT2D eigenvalue weighted by Crippen LogP contribution is -2.58. The number of hydrogen-bond donors (Lipinski definition) is 0. The monoisotopic (exact) mass is 342 g/mol. The highest BCUT2D eigenvalue weighted by Gasteiger charge is 2.36. The van der Waals surface area contributed by atoms with Crippen LogP contribution in [-0.2, 0) is 20.9 Å². The number of aryl methyl sites for hydroxylation is 1. The third kappa shape index (κ3) is 3.64. The lowest BCUT2D eigenvalue weighted by molar-refractivity contribution is -0.156. The van der Waals surface area contributed by atoms with Gasteiger partial charge in [0.2, 0.25) is 11.8 Å². The molecule has 0 N–H and O–H groups in total. The summed E-state index contributed by atoms with van der Waals surface area (Å²) in [4.78, 5) is 27.6. The molecule has 0 unspecified atom stereocenters. The molecule has 2 amide bonds. The van der Waals surface area contributed by atoms with Crippen molar-refractivity contribution < 1.29 is 18.7 Å². The first kappa shape index (κ1) is 17.7. The van der Waals surface area contributed by atoms with Gasteiger partial charge in [0, 0.05) is 24.2 Å². The van der Waals surface area contributed by atoms with Crippen molar-refractivity contribution in [3.8, 4) is 0 Å². The van der Waals surface area contributed by atoms with Crippen LogP contribution in [0.4, 0.5) is 4.39 Å². The number of piperazine rings is 1. The molecule has 1 aliphatic rings. The van der Waals surface area contributed by atoms with Gasteiger partial charge < -0.3 is 14.5 Å². The van der Waals surface area contributed by atoms with Gasteiger partial charge in [-0.3, -0.25) is 9.59 Å². The van der Waals surface area contributed by atoms with E-state index in [0.29, 0.717) is 18.7 Å². The number of rotatable bonds is 5. The first-order valence-corrected chi connectivity index (χ1v) is 7.75. The number of halogens is 2. The molecule has 0 bridgehead atoms. The SMILES string of the molecule is COCCN1CC(=O)N(Cc2c(Cl)ccc(C)c2F)[C@@H](C)C1=O. The van der Waals surface area contributed by atoms with Gasteiger partial charge >= 0.3 is 0 Å². The lowest BCUT2D eigenvalue weighted by atomic mass is 10.1. The Morgan fingerprint density at radius 2 is 2.09 bits per heavy atom. The molecule has 1 aromatic rings. The largest absolute Gasteiger partial charge is 0.383 e. The van der Waals surface area contributed by atoms with Crippen LogP contribution in [0.3, 0.4) is 0 Å². The number of amides is 2. The Balaban J connectivity index is 2.20. The van der Waals surface area contributed by atoms with Crippen molar-refractivity contribution in [2.75, 3.05) is 26.8 Å². The molecule has 2 rings (SSSR count). The van der Waals surface area contributed by atoms with Crippen LogP contribution < -0.4 is 0 Å². The maximum atomic E-state index is 14.3. The Morgan fingerprint density at radius 3 is 2.74 bits per heavy atom. The van der Waals surface area contributed by atoms with Gasteiger partial charge in [-0.1, -0.05) is 17.7 Å². The van der Waals surface area contributed by atoms with Gasteiger partial charge in [0.25, 0.3) is 0 Å². The molecular formula is C16H20ClFN2O3.